The average Bonchev–Trinajstić information content (AvgIpc) is 2.84. The van der Waals surface area contributed by atoms with Crippen LogP contribution in [0.2, 0.25) is 0 Å². The molecular weight excluding hydrogens is 413 g/mol. The molecule has 3 rings (SSSR count). The van der Waals surface area contributed by atoms with Gasteiger partial charge in [-0.1, -0.05) is 12.1 Å². The number of carbonyl (C=O) groups excluding carboxylic acids is 1. The second-order valence-corrected chi connectivity index (χ2v) is 7.07. The van der Waals surface area contributed by atoms with Crippen molar-refractivity contribution in [2.45, 2.75) is 6.92 Å². The van der Waals surface area contributed by atoms with Gasteiger partial charge >= 0.3 is 0 Å². The lowest BCUT2D eigenvalue weighted by Gasteiger charge is -2.12. The van der Waals surface area contributed by atoms with Gasteiger partial charge in [-0.15, -0.1) is 0 Å². The van der Waals surface area contributed by atoms with Crippen molar-refractivity contribution in [1.82, 2.24) is 0 Å². The van der Waals surface area contributed by atoms with Crippen molar-refractivity contribution >= 4 is 51.7 Å². The molecule has 0 saturated carbocycles. The Morgan fingerprint density at radius 3 is 2.25 bits per heavy atom. The molecule has 0 bridgehead atoms. The molecule has 0 aromatic heterocycles. The Bertz CT molecular complexity index is 821. The first-order valence-electron chi connectivity index (χ1n) is 7.60. The van der Waals surface area contributed by atoms with Crippen LogP contribution < -0.4 is 9.91 Å². The summed E-state index contributed by atoms with van der Waals surface area (Å²) in [5, 5.41) is 5.88. The summed E-state index contributed by atoms with van der Waals surface area (Å²) in [5.41, 5.74) is 4.26. The SMILES string of the molecule is CC1=NN(c2ccc(I)cc2)C(=O)/C1=C/c1ccc(N(C)C)cc1. The maximum atomic E-state index is 12.7. The number of benzene rings is 2. The smallest absolute Gasteiger partial charge is 0.280 e. The van der Waals surface area contributed by atoms with E-state index in [1.54, 1.807) is 0 Å². The average molecular weight is 431 g/mol. The van der Waals surface area contributed by atoms with Gasteiger partial charge in [0, 0.05) is 23.4 Å². The van der Waals surface area contributed by atoms with Gasteiger partial charge in [0.15, 0.2) is 0 Å². The zero-order valence-electron chi connectivity index (χ0n) is 13.8. The van der Waals surface area contributed by atoms with Gasteiger partial charge in [-0.2, -0.15) is 10.1 Å². The second-order valence-electron chi connectivity index (χ2n) is 5.82. The topological polar surface area (TPSA) is 35.9 Å². The molecule has 2 aromatic carbocycles. The summed E-state index contributed by atoms with van der Waals surface area (Å²) >= 11 is 2.24. The first-order valence-corrected chi connectivity index (χ1v) is 8.68. The van der Waals surface area contributed by atoms with Gasteiger partial charge in [-0.25, -0.2) is 0 Å². The lowest BCUT2D eigenvalue weighted by Crippen LogP contribution is -2.21. The van der Waals surface area contributed by atoms with Crippen molar-refractivity contribution in [2.75, 3.05) is 24.0 Å². The maximum absolute atomic E-state index is 12.7. The molecule has 0 fully saturated rings. The third-order valence-electron chi connectivity index (χ3n) is 3.85. The minimum Gasteiger partial charge on any atom is -0.378 e. The fourth-order valence-electron chi connectivity index (χ4n) is 2.48. The molecule has 0 atom stereocenters. The largest absolute Gasteiger partial charge is 0.378 e. The van der Waals surface area contributed by atoms with Gasteiger partial charge in [-0.3, -0.25) is 4.79 Å². The van der Waals surface area contributed by atoms with Crippen LogP contribution in [0, 0.1) is 3.57 Å². The molecule has 2 aromatic rings. The van der Waals surface area contributed by atoms with Crippen LogP contribution in [0.3, 0.4) is 0 Å². The van der Waals surface area contributed by atoms with E-state index in [0.717, 1.165) is 26.2 Å². The van der Waals surface area contributed by atoms with Gasteiger partial charge in [0.1, 0.15) is 0 Å². The fraction of sp³-hybridized carbons (Fsp3) is 0.158. The Morgan fingerprint density at radius 2 is 1.67 bits per heavy atom. The second kappa shape index (κ2) is 6.76. The number of halogens is 1. The van der Waals surface area contributed by atoms with E-state index in [-0.39, 0.29) is 5.91 Å². The molecule has 122 valence electrons. The summed E-state index contributed by atoms with van der Waals surface area (Å²) in [5.74, 6) is -0.0922. The van der Waals surface area contributed by atoms with Crippen LogP contribution in [0.15, 0.2) is 59.2 Å². The van der Waals surface area contributed by atoms with E-state index in [9.17, 15) is 4.79 Å². The highest BCUT2D eigenvalue weighted by Gasteiger charge is 2.28. The molecule has 0 aliphatic carbocycles. The van der Waals surface area contributed by atoms with Crippen molar-refractivity contribution in [3.8, 4) is 0 Å². The van der Waals surface area contributed by atoms with Crippen molar-refractivity contribution in [3.05, 3.63) is 63.2 Å². The fourth-order valence-corrected chi connectivity index (χ4v) is 2.84. The lowest BCUT2D eigenvalue weighted by molar-refractivity contribution is -0.114. The molecule has 0 spiro atoms. The minimum atomic E-state index is -0.0922. The van der Waals surface area contributed by atoms with Gasteiger partial charge < -0.3 is 4.90 Å². The van der Waals surface area contributed by atoms with Crippen LogP contribution in [-0.2, 0) is 4.79 Å². The molecular formula is C19H18IN3O. The van der Waals surface area contributed by atoms with Gasteiger partial charge in [0.05, 0.1) is 17.0 Å². The summed E-state index contributed by atoms with van der Waals surface area (Å²) in [7, 11) is 4.01. The van der Waals surface area contributed by atoms with E-state index >= 15 is 0 Å². The summed E-state index contributed by atoms with van der Waals surface area (Å²) in [6.07, 6.45) is 1.90. The molecule has 1 amide bonds. The Morgan fingerprint density at radius 1 is 1.04 bits per heavy atom. The number of hydrogen-bond acceptors (Lipinski definition) is 3. The molecule has 4 nitrogen and oxygen atoms in total. The Kier molecular flexibility index (Phi) is 4.71. The summed E-state index contributed by atoms with van der Waals surface area (Å²) < 4.78 is 1.13. The molecule has 1 heterocycles. The van der Waals surface area contributed by atoms with Crippen LogP contribution >= 0.6 is 22.6 Å². The predicted molar refractivity (Wildman–Crippen MR) is 109 cm³/mol. The zero-order valence-corrected chi connectivity index (χ0v) is 16.0. The van der Waals surface area contributed by atoms with Gasteiger partial charge in [0.2, 0.25) is 0 Å². The molecule has 0 N–H and O–H groups in total. The number of anilines is 2. The third-order valence-corrected chi connectivity index (χ3v) is 4.57. The minimum absolute atomic E-state index is 0.0922. The van der Waals surface area contributed by atoms with Crippen LogP contribution in [0.25, 0.3) is 6.08 Å². The van der Waals surface area contributed by atoms with Gasteiger partial charge in [0.25, 0.3) is 5.91 Å². The highest BCUT2D eigenvalue weighted by molar-refractivity contribution is 14.1. The van der Waals surface area contributed by atoms with Crippen molar-refractivity contribution in [1.29, 1.82) is 0 Å². The van der Waals surface area contributed by atoms with Crippen LogP contribution in [-0.4, -0.2) is 25.7 Å². The van der Waals surface area contributed by atoms with Crippen LogP contribution in [0.1, 0.15) is 12.5 Å². The summed E-state index contributed by atoms with van der Waals surface area (Å²) in [4.78, 5) is 14.8. The monoisotopic (exact) mass is 431 g/mol. The van der Waals surface area contributed by atoms with E-state index < -0.39 is 0 Å². The number of amides is 1. The van der Waals surface area contributed by atoms with Gasteiger partial charge in [-0.05, 0) is 77.6 Å². The molecule has 0 unspecified atom stereocenters. The van der Waals surface area contributed by atoms with Crippen molar-refractivity contribution < 1.29 is 4.79 Å². The van der Waals surface area contributed by atoms with Crippen LogP contribution in [0.5, 0.6) is 0 Å². The summed E-state index contributed by atoms with van der Waals surface area (Å²) in [6.45, 7) is 1.87. The maximum Gasteiger partial charge on any atom is 0.280 e. The standard InChI is InChI=1S/C19H18IN3O/c1-13-18(12-14-4-8-16(9-5-14)22(2)3)19(24)23(21-13)17-10-6-15(20)7-11-17/h4-12H,1-3H3/b18-12+. The third kappa shape index (κ3) is 3.36. The number of nitrogens with zero attached hydrogens (tertiary/aromatic N) is 3. The molecule has 0 saturated heterocycles. The number of hydrogen-bond donors (Lipinski definition) is 0. The first kappa shape index (κ1) is 16.7. The normalized spacial score (nSPS) is 15.8. The quantitative estimate of drug-likeness (QED) is 0.541. The zero-order chi connectivity index (χ0) is 17.3. The van der Waals surface area contributed by atoms with E-state index in [1.807, 2.05) is 80.5 Å². The molecule has 0 radical (unpaired) electrons. The van der Waals surface area contributed by atoms with E-state index in [1.165, 1.54) is 5.01 Å². The molecule has 1 aliphatic rings. The Labute approximate surface area is 155 Å². The van der Waals surface area contributed by atoms with Crippen molar-refractivity contribution in [3.63, 3.8) is 0 Å². The molecule has 5 heteroatoms. The van der Waals surface area contributed by atoms with E-state index in [4.69, 9.17) is 0 Å². The number of hydrazone groups is 1. The van der Waals surface area contributed by atoms with Crippen molar-refractivity contribution in [2.24, 2.45) is 5.10 Å². The number of rotatable bonds is 3. The van der Waals surface area contributed by atoms with Crippen LogP contribution in [0.4, 0.5) is 11.4 Å². The highest BCUT2D eigenvalue weighted by Crippen LogP contribution is 2.26. The number of carbonyl (C=O) groups is 1. The highest BCUT2D eigenvalue weighted by atomic mass is 127. The predicted octanol–water partition coefficient (Wildman–Crippen LogP) is 4.16. The Hall–Kier alpha value is -2.15. The molecule has 1 aliphatic heterocycles. The first-order chi connectivity index (χ1) is 11.5. The van der Waals surface area contributed by atoms with E-state index in [2.05, 4.69) is 27.7 Å². The van der Waals surface area contributed by atoms with E-state index in [0.29, 0.717) is 5.57 Å². The summed E-state index contributed by atoms with van der Waals surface area (Å²) in [6, 6.07) is 15.8. The Balaban J connectivity index is 1.88. The molecule has 24 heavy (non-hydrogen) atoms. The lowest BCUT2D eigenvalue weighted by atomic mass is 10.1.